The van der Waals surface area contributed by atoms with E-state index in [2.05, 4.69) is 15.5 Å². The van der Waals surface area contributed by atoms with Crippen LogP contribution in [0.25, 0.3) is 0 Å². The molecule has 1 N–H and O–H groups in total. The van der Waals surface area contributed by atoms with Gasteiger partial charge in [-0.1, -0.05) is 29.2 Å². The standard InChI is InChI=1S/C17H17FN4OS3/c1-2-22(10-14-4-3-9-24-14)15(23)11-25-17-21-20-16(26-17)19-13-7-5-12(18)6-8-13/h3-9H,2,10-11H2,1H3,(H,19,20). The predicted octanol–water partition coefficient (Wildman–Crippen LogP) is 4.62. The average molecular weight is 409 g/mol. The van der Waals surface area contributed by atoms with Gasteiger partial charge in [0.15, 0.2) is 4.34 Å². The third-order valence-corrected chi connectivity index (χ3v) is 6.30. The molecule has 1 amide bonds. The lowest BCUT2D eigenvalue weighted by atomic mass is 10.3. The van der Waals surface area contributed by atoms with Crippen molar-refractivity contribution in [1.29, 1.82) is 0 Å². The summed E-state index contributed by atoms with van der Waals surface area (Å²) < 4.78 is 13.6. The number of benzene rings is 1. The van der Waals surface area contributed by atoms with E-state index in [9.17, 15) is 9.18 Å². The third kappa shape index (κ3) is 5.26. The van der Waals surface area contributed by atoms with E-state index in [1.165, 1.54) is 40.1 Å². The van der Waals surface area contributed by atoms with Crippen LogP contribution in [-0.4, -0.2) is 33.3 Å². The van der Waals surface area contributed by atoms with Crippen LogP contribution in [0.5, 0.6) is 0 Å². The number of nitrogens with zero attached hydrogens (tertiary/aromatic N) is 3. The molecule has 26 heavy (non-hydrogen) atoms. The Labute approximate surface area is 163 Å². The lowest BCUT2D eigenvalue weighted by Crippen LogP contribution is -2.31. The second kappa shape index (κ2) is 9.11. The summed E-state index contributed by atoms with van der Waals surface area (Å²) in [6, 6.07) is 10.1. The molecule has 3 aromatic rings. The van der Waals surface area contributed by atoms with Crippen molar-refractivity contribution in [3.63, 3.8) is 0 Å². The summed E-state index contributed by atoms with van der Waals surface area (Å²) >= 11 is 4.39. The van der Waals surface area contributed by atoms with Crippen molar-refractivity contribution < 1.29 is 9.18 Å². The number of aromatic nitrogens is 2. The number of carbonyl (C=O) groups is 1. The van der Waals surface area contributed by atoms with Gasteiger partial charge in [0.05, 0.1) is 12.3 Å². The number of nitrogens with one attached hydrogen (secondary N) is 1. The van der Waals surface area contributed by atoms with Gasteiger partial charge in [-0.05, 0) is 42.6 Å². The number of rotatable bonds is 8. The highest BCUT2D eigenvalue weighted by Crippen LogP contribution is 2.28. The molecule has 1 aromatic carbocycles. The minimum Gasteiger partial charge on any atom is -0.337 e. The van der Waals surface area contributed by atoms with Crippen LogP contribution in [0.3, 0.4) is 0 Å². The monoisotopic (exact) mass is 408 g/mol. The smallest absolute Gasteiger partial charge is 0.233 e. The maximum atomic E-state index is 12.9. The van der Waals surface area contributed by atoms with Crippen molar-refractivity contribution in [2.75, 3.05) is 17.6 Å². The van der Waals surface area contributed by atoms with Gasteiger partial charge >= 0.3 is 0 Å². The molecule has 0 radical (unpaired) electrons. The van der Waals surface area contributed by atoms with Crippen molar-refractivity contribution in [1.82, 2.24) is 15.1 Å². The summed E-state index contributed by atoms with van der Waals surface area (Å²) in [6.07, 6.45) is 0. The first-order valence-electron chi connectivity index (χ1n) is 7.93. The van der Waals surface area contributed by atoms with Gasteiger partial charge in [-0.3, -0.25) is 4.79 Å². The molecule has 0 aliphatic carbocycles. The second-order valence-electron chi connectivity index (χ2n) is 5.28. The molecule has 136 valence electrons. The van der Waals surface area contributed by atoms with Crippen LogP contribution in [0.1, 0.15) is 11.8 Å². The van der Waals surface area contributed by atoms with Crippen LogP contribution in [0.4, 0.5) is 15.2 Å². The normalized spacial score (nSPS) is 10.7. The Kier molecular flexibility index (Phi) is 6.59. The molecule has 0 saturated heterocycles. The van der Waals surface area contributed by atoms with E-state index in [1.807, 2.05) is 29.3 Å². The molecule has 0 saturated carbocycles. The fourth-order valence-electron chi connectivity index (χ4n) is 2.16. The van der Waals surface area contributed by atoms with Gasteiger partial charge in [-0.25, -0.2) is 4.39 Å². The van der Waals surface area contributed by atoms with Gasteiger partial charge in [0.1, 0.15) is 5.82 Å². The molecule has 3 rings (SSSR count). The van der Waals surface area contributed by atoms with Crippen molar-refractivity contribution >= 4 is 51.2 Å². The Balaban J connectivity index is 1.52. The highest BCUT2D eigenvalue weighted by atomic mass is 32.2. The zero-order valence-corrected chi connectivity index (χ0v) is 16.5. The molecule has 0 atom stereocenters. The molecule has 0 aliphatic heterocycles. The summed E-state index contributed by atoms with van der Waals surface area (Å²) in [4.78, 5) is 15.4. The SMILES string of the molecule is CCN(Cc1cccs1)C(=O)CSc1nnc(Nc2ccc(F)cc2)s1. The summed E-state index contributed by atoms with van der Waals surface area (Å²) in [5, 5.41) is 13.8. The quantitative estimate of drug-likeness (QED) is 0.551. The minimum absolute atomic E-state index is 0.0779. The minimum atomic E-state index is -0.286. The molecule has 0 unspecified atom stereocenters. The van der Waals surface area contributed by atoms with Crippen LogP contribution in [0.2, 0.25) is 0 Å². The summed E-state index contributed by atoms with van der Waals surface area (Å²) in [7, 11) is 0. The van der Waals surface area contributed by atoms with Crippen LogP contribution in [0, 0.1) is 5.82 Å². The predicted molar refractivity (Wildman–Crippen MR) is 106 cm³/mol. The lowest BCUT2D eigenvalue weighted by Gasteiger charge is -2.19. The fraction of sp³-hybridized carbons (Fsp3) is 0.235. The highest BCUT2D eigenvalue weighted by Gasteiger charge is 2.15. The topological polar surface area (TPSA) is 58.1 Å². The number of thioether (sulfide) groups is 1. The van der Waals surface area contributed by atoms with Crippen LogP contribution in [0.15, 0.2) is 46.1 Å². The van der Waals surface area contributed by atoms with E-state index in [1.54, 1.807) is 23.5 Å². The van der Waals surface area contributed by atoms with Crippen molar-refractivity contribution in [3.05, 3.63) is 52.5 Å². The average Bonchev–Trinajstić information content (AvgIpc) is 3.31. The molecule has 5 nitrogen and oxygen atoms in total. The zero-order valence-electron chi connectivity index (χ0n) is 14.0. The summed E-state index contributed by atoms with van der Waals surface area (Å²) in [6.45, 7) is 3.29. The van der Waals surface area contributed by atoms with E-state index in [4.69, 9.17) is 0 Å². The second-order valence-corrected chi connectivity index (χ2v) is 8.51. The van der Waals surface area contributed by atoms with E-state index < -0.39 is 0 Å². The molecule has 0 bridgehead atoms. The first-order valence-corrected chi connectivity index (χ1v) is 10.6. The van der Waals surface area contributed by atoms with Crippen LogP contribution in [-0.2, 0) is 11.3 Å². The van der Waals surface area contributed by atoms with Crippen LogP contribution >= 0.6 is 34.4 Å². The third-order valence-electron chi connectivity index (χ3n) is 3.48. The van der Waals surface area contributed by atoms with Gasteiger partial charge in [-0.15, -0.1) is 21.5 Å². The van der Waals surface area contributed by atoms with Crippen LogP contribution < -0.4 is 5.32 Å². The maximum Gasteiger partial charge on any atom is 0.233 e. The number of hydrogen-bond acceptors (Lipinski definition) is 7. The Bertz CT molecular complexity index is 836. The summed E-state index contributed by atoms with van der Waals surface area (Å²) in [5.74, 6) is 0.115. The molecular weight excluding hydrogens is 391 g/mol. The van der Waals surface area contributed by atoms with Gasteiger partial charge in [0.25, 0.3) is 0 Å². The summed E-state index contributed by atoms with van der Waals surface area (Å²) in [5.41, 5.74) is 0.739. The van der Waals surface area contributed by atoms with E-state index in [-0.39, 0.29) is 11.7 Å². The van der Waals surface area contributed by atoms with Gasteiger partial charge in [-0.2, -0.15) is 0 Å². The number of hydrogen-bond donors (Lipinski definition) is 1. The molecular formula is C17H17FN4OS3. The van der Waals surface area contributed by atoms with E-state index in [0.717, 1.165) is 10.0 Å². The number of amides is 1. The molecule has 2 aromatic heterocycles. The number of anilines is 2. The maximum absolute atomic E-state index is 12.9. The fourth-order valence-corrected chi connectivity index (χ4v) is 4.55. The molecule has 0 fully saturated rings. The first kappa shape index (κ1) is 18.8. The molecule has 0 aliphatic rings. The van der Waals surface area contributed by atoms with Gasteiger partial charge < -0.3 is 10.2 Å². The van der Waals surface area contributed by atoms with Gasteiger partial charge in [0.2, 0.25) is 11.0 Å². The zero-order chi connectivity index (χ0) is 18.4. The van der Waals surface area contributed by atoms with E-state index >= 15 is 0 Å². The highest BCUT2D eigenvalue weighted by molar-refractivity contribution is 8.01. The number of thiophene rings is 1. The largest absolute Gasteiger partial charge is 0.337 e. The molecule has 9 heteroatoms. The van der Waals surface area contributed by atoms with Crippen molar-refractivity contribution in [2.45, 2.75) is 17.8 Å². The molecule has 0 spiro atoms. The Morgan fingerprint density at radius 1 is 1.27 bits per heavy atom. The number of halogens is 1. The Morgan fingerprint density at radius 2 is 2.08 bits per heavy atom. The Hall–Kier alpha value is -1.97. The molecule has 2 heterocycles. The van der Waals surface area contributed by atoms with Crippen molar-refractivity contribution in [3.8, 4) is 0 Å². The Morgan fingerprint density at radius 3 is 2.77 bits per heavy atom. The van der Waals surface area contributed by atoms with E-state index in [0.29, 0.717) is 24.0 Å². The number of carbonyl (C=O) groups excluding carboxylic acids is 1. The lowest BCUT2D eigenvalue weighted by molar-refractivity contribution is -0.128. The van der Waals surface area contributed by atoms with Gasteiger partial charge in [0, 0.05) is 17.1 Å². The first-order chi connectivity index (χ1) is 12.6. The van der Waals surface area contributed by atoms with Crippen molar-refractivity contribution in [2.24, 2.45) is 0 Å².